The van der Waals surface area contributed by atoms with Crippen LogP contribution in [-0.2, 0) is 36.1 Å². The maximum absolute atomic E-state index is 13.6. The number of primary amides is 1. The number of rotatable bonds is 17. The van der Waals surface area contributed by atoms with Crippen LogP contribution in [0.3, 0.4) is 0 Å². The molecule has 42 heavy (non-hydrogen) atoms. The molecule has 0 bridgehead atoms. The van der Waals surface area contributed by atoms with Crippen molar-refractivity contribution >= 4 is 40.6 Å². The topological polar surface area (TPSA) is 145 Å². The van der Waals surface area contributed by atoms with E-state index in [4.69, 9.17) is 10.5 Å². The fourth-order valence-electron chi connectivity index (χ4n) is 4.24. The number of hydrogen-bond donors (Lipinski definition) is 3. The number of thioether (sulfide) groups is 1. The Kier molecular flexibility index (Phi) is 15.1. The van der Waals surface area contributed by atoms with E-state index in [-0.39, 0.29) is 49.2 Å². The number of nitrogens with two attached hydrogens (primary N) is 1. The van der Waals surface area contributed by atoms with Gasteiger partial charge in [0, 0.05) is 36.6 Å². The van der Waals surface area contributed by atoms with Crippen LogP contribution in [0.4, 0.5) is 4.79 Å². The van der Waals surface area contributed by atoms with E-state index in [1.165, 1.54) is 12.2 Å². The molecule has 0 fully saturated rings. The van der Waals surface area contributed by atoms with Crippen LogP contribution in [0.25, 0.3) is 0 Å². The number of Topliss-reactive ketones (excluding diaryl/α,β-unsaturated/α-hetero) is 1. The lowest BCUT2D eigenvalue weighted by atomic mass is 9.88. The van der Waals surface area contributed by atoms with Gasteiger partial charge < -0.3 is 21.1 Å². The zero-order valence-electron chi connectivity index (χ0n) is 24.4. The van der Waals surface area contributed by atoms with Crippen molar-refractivity contribution in [1.82, 2.24) is 10.6 Å². The highest BCUT2D eigenvalue weighted by Gasteiger charge is 2.30. The molecule has 0 radical (unpaired) electrons. The average Bonchev–Trinajstić information content (AvgIpc) is 2.96. The van der Waals surface area contributed by atoms with Crippen LogP contribution in [0.2, 0.25) is 0 Å². The molecule has 0 saturated heterocycles. The van der Waals surface area contributed by atoms with E-state index in [1.54, 1.807) is 6.92 Å². The first kappa shape index (κ1) is 34.3. The Morgan fingerprint density at radius 3 is 2.12 bits per heavy atom. The molecule has 3 atom stereocenters. The van der Waals surface area contributed by atoms with Crippen molar-refractivity contribution in [2.75, 3.05) is 6.61 Å². The van der Waals surface area contributed by atoms with Crippen LogP contribution >= 0.6 is 11.8 Å². The number of amides is 3. The van der Waals surface area contributed by atoms with Crippen molar-refractivity contribution in [1.29, 1.82) is 0 Å². The monoisotopic (exact) mass is 595 g/mol. The van der Waals surface area contributed by atoms with Gasteiger partial charge in [-0.3, -0.25) is 19.2 Å². The normalized spacial score (nSPS) is 13.2. The Balaban J connectivity index is 2.18. The van der Waals surface area contributed by atoms with E-state index in [2.05, 4.69) is 10.6 Å². The largest absolute Gasteiger partial charge is 0.463 e. The molecular weight excluding hydrogens is 554 g/mol. The van der Waals surface area contributed by atoms with Gasteiger partial charge in [-0.1, -0.05) is 92.3 Å². The van der Waals surface area contributed by atoms with Gasteiger partial charge in [-0.15, -0.1) is 0 Å². The zero-order chi connectivity index (χ0) is 30.9. The van der Waals surface area contributed by atoms with Crippen molar-refractivity contribution in [3.05, 3.63) is 83.9 Å². The lowest BCUT2D eigenvalue weighted by molar-refractivity contribution is -0.137. The summed E-state index contributed by atoms with van der Waals surface area (Å²) in [5.41, 5.74) is 7.17. The third-order valence-electron chi connectivity index (χ3n) is 6.42. The molecule has 2 aromatic rings. The molecule has 0 unspecified atom stereocenters. The molecule has 3 amide bonds. The summed E-state index contributed by atoms with van der Waals surface area (Å²) in [5.74, 6) is -2.29. The highest BCUT2D eigenvalue weighted by atomic mass is 32.2. The molecule has 0 aliphatic heterocycles. The Hall–Kier alpha value is -3.92. The number of ether oxygens (including phenoxy) is 1. The summed E-state index contributed by atoms with van der Waals surface area (Å²) < 4.78 is 4.91. The van der Waals surface area contributed by atoms with E-state index in [9.17, 15) is 24.0 Å². The van der Waals surface area contributed by atoms with E-state index < -0.39 is 35.8 Å². The van der Waals surface area contributed by atoms with Gasteiger partial charge in [0.25, 0.3) is 5.24 Å². The second kappa shape index (κ2) is 18.5. The molecule has 0 aliphatic carbocycles. The van der Waals surface area contributed by atoms with Gasteiger partial charge in [0.15, 0.2) is 5.78 Å². The molecule has 0 spiro atoms. The number of ketones is 1. The van der Waals surface area contributed by atoms with Gasteiger partial charge in [-0.25, -0.2) is 4.79 Å². The summed E-state index contributed by atoms with van der Waals surface area (Å²) in [6, 6.07) is 17.4. The maximum Gasteiger partial charge on any atom is 0.330 e. The van der Waals surface area contributed by atoms with Gasteiger partial charge in [0.05, 0.1) is 12.6 Å². The molecular formula is C32H41N3O6S. The first-order valence-corrected chi connectivity index (χ1v) is 15.0. The highest BCUT2D eigenvalue weighted by molar-refractivity contribution is 8.12. The minimum Gasteiger partial charge on any atom is -0.463 e. The van der Waals surface area contributed by atoms with Crippen LogP contribution in [0, 0.1) is 11.8 Å². The van der Waals surface area contributed by atoms with Crippen molar-refractivity contribution in [2.24, 2.45) is 17.6 Å². The predicted molar refractivity (Wildman–Crippen MR) is 164 cm³/mol. The first-order valence-electron chi connectivity index (χ1n) is 14.1. The van der Waals surface area contributed by atoms with Gasteiger partial charge in [-0.05, 0) is 36.8 Å². The smallest absolute Gasteiger partial charge is 0.330 e. The second-order valence-corrected chi connectivity index (χ2v) is 11.2. The summed E-state index contributed by atoms with van der Waals surface area (Å²) in [6.07, 6.45) is 2.99. The molecule has 0 saturated carbocycles. The number of benzene rings is 2. The van der Waals surface area contributed by atoms with Crippen LogP contribution in [-0.4, -0.2) is 47.5 Å². The molecule has 10 heteroatoms. The van der Waals surface area contributed by atoms with Crippen LogP contribution in [0.1, 0.15) is 51.2 Å². The first-order chi connectivity index (χ1) is 20.1. The van der Waals surface area contributed by atoms with E-state index in [1.807, 2.05) is 74.5 Å². The maximum atomic E-state index is 13.6. The minimum absolute atomic E-state index is 0.0114. The van der Waals surface area contributed by atoms with Crippen LogP contribution < -0.4 is 16.4 Å². The van der Waals surface area contributed by atoms with E-state index >= 15 is 0 Å². The molecule has 2 rings (SSSR count). The summed E-state index contributed by atoms with van der Waals surface area (Å²) in [6.45, 7) is 5.56. The quantitative estimate of drug-likeness (QED) is 0.182. The van der Waals surface area contributed by atoms with Gasteiger partial charge in [-0.2, -0.15) is 0 Å². The Labute approximate surface area is 252 Å². The van der Waals surface area contributed by atoms with Gasteiger partial charge in [0.1, 0.15) is 0 Å². The number of esters is 1. The lowest BCUT2D eigenvalue weighted by Gasteiger charge is -2.25. The SMILES string of the molecule is CCOC(=O)/C=C/[C@H](CCC(N)=O)NC(=O)[C@@H](CC(=O)[C@@H](NC(=O)SCc1ccccc1)C(C)C)Cc1ccccc1. The molecule has 0 aliphatic rings. The predicted octanol–water partition coefficient (Wildman–Crippen LogP) is 4.34. The number of carbonyl (C=O) groups is 5. The van der Waals surface area contributed by atoms with Crippen molar-refractivity contribution in [2.45, 2.75) is 64.3 Å². The van der Waals surface area contributed by atoms with Crippen LogP contribution in [0.15, 0.2) is 72.8 Å². The number of hydrogen-bond acceptors (Lipinski definition) is 7. The van der Waals surface area contributed by atoms with Crippen LogP contribution in [0.5, 0.6) is 0 Å². The Morgan fingerprint density at radius 2 is 1.55 bits per heavy atom. The summed E-state index contributed by atoms with van der Waals surface area (Å²) in [5, 5.41) is 5.39. The van der Waals surface area contributed by atoms with E-state index in [0.717, 1.165) is 22.9 Å². The Bertz CT molecular complexity index is 1200. The highest BCUT2D eigenvalue weighted by Crippen LogP contribution is 2.19. The molecule has 0 heterocycles. The molecule has 4 N–H and O–H groups in total. The van der Waals surface area contributed by atoms with Gasteiger partial charge >= 0.3 is 5.97 Å². The Morgan fingerprint density at radius 1 is 0.929 bits per heavy atom. The third kappa shape index (κ3) is 13.2. The third-order valence-corrected chi connectivity index (χ3v) is 7.28. The lowest BCUT2D eigenvalue weighted by Crippen LogP contribution is -2.46. The minimum atomic E-state index is -0.777. The molecule has 9 nitrogen and oxygen atoms in total. The fourth-order valence-corrected chi connectivity index (χ4v) is 4.94. The van der Waals surface area contributed by atoms with E-state index in [0.29, 0.717) is 5.75 Å². The fraction of sp³-hybridized carbons (Fsp3) is 0.406. The summed E-state index contributed by atoms with van der Waals surface area (Å²) >= 11 is 1.08. The molecule has 226 valence electrons. The zero-order valence-corrected chi connectivity index (χ0v) is 25.2. The molecule has 2 aromatic carbocycles. The molecule has 0 aromatic heterocycles. The van der Waals surface area contributed by atoms with Gasteiger partial charge in [0.2, 0.25) is 11.8 Å². The average molecular weight is 596 g/mol. The van der Waals surface area contributed by atoms with Crippen molar-refractivity contribution in [3.63, 3.8) is 0 Å². The van der Waals surface area contributed by atoms with Crippen molar-refractivity contribution < 1.29 is 28.7 Å². The van der Waals surface area contributed by atoms with Crippen molar-refractivity contribution in [3.8, 4) is 0 Å². The standard InChI is InChI=1S/C32H41N3O6S/c1-4-41-29(38)18-16-26(15-17-28(33)37)34-31(39)25(19-23-11-7-5-8-12-23)20-27(36)30(22(2)3)35-32(40)42-21-24-13-9-6-10-14-24/h5-14,16,18,22,25-26,30H,4,15,17,19-21H2,1-3H3,(H2,33,37)(H,34,39)(H,35,40)/b18-16+/t25-,26+,30+/m1/s1. The number of nitrogens with one attached hydrogen (secondary N) is 2. The summed E-state index contributed by atoms with van der Waals surface area (Å²) in [4.78, 5) is 63.1. The summed E-state index contributed by atoms with van der Waals surface area (Å²) in [7, 11) is 0. The second-order valence-electron chi connectivity index (χ2n) is 10.2. The number of carbonyl (C=O) groups excluding carboxylic acids is 5.